The molecule has 3 rings (SSSR count). The third-order valence-electron chi connectivity index (χ3n) is 3.45. The molecule has 23 heavy (non-hydrogen) atoms. The van der Waals surface area contributed by atoms with Crippen LogP contribution in [-0.4, -0.2) is 10.8 Å². The zero-order valence-corrected chi connectivity index (χ0v) is 12.8. The fourth-order valence-corrected chi connectivity index (χ4v) is 2.50. The van der Waals surface area contributed by atoms with Crippen LogP contribution in [0.2, 0.25) is 5.02 Å². The number of benzene rings is 2. The highest BCUT2D eigenvalue weighted by Crippen LogP contribution is 2.30. The maximum absolute atomic E-state index is 12.4. The van der Waals surface area contributed by atoms with Gasteiger partial charge in [0.2, 0.25) is 0 Å². The summed E-state index contributed by atoms with van der Waals surface area (Å²) >= 11 is 5.76. The van der Waals surface area contributed by atoms with Crippen LogP contribution in [0.25, 0.3) is 11.0 Å². The van der Waals surface area contributed by atoms with Gasteiger partial charge < -0.3 is 9.73 Å². The molecule has 1 amide bonds. The van der Waals surface area contributed by atoms with Crippen LogP contribution in [0, 0.1) is 17.0 Å². The Morgan fingerprint density at radius 2 is 2.00 bits per heavy atom. The largest absolute Gasteiger partial charge is 0.451 e. The summed E-state index contributed by atoms with van der Waals surface area (Å²) in [6, 6.07) is 11.3. The first kappa shape index (κ1) is 15.1. The molecule has 3 aromatic rings. The Kier molecular flexibility index (Phi) is 3.75. The molecule has 0 saturated heterocycles. The van der Waals surface area contributed by atoms with Gasteiger partial charge in [0.15, 0.2) is 5.76 Å². The minimum atomic E-state index is -0.604. The summed E-state index contributed by atoms with van der Waals surface area (Å²) in [5.41, 5.74) is 1.04. The Labute approximate surface area is 135 Å². The van der Waals surface area contributed by atoms with Gasteiger partial charge in [0.05, 0.1) is 4.92 Å². The number of nitro benzene ring substituents is 1. The fourth-order valence-electron chi connectivity index (χ4n) is 2.33. The fraction of sp³-hybridized carbons (Fsp3) is 0.0625. The first-order valence-electron chi connectivity index (χ1n) is 6.71. The lowest BCUT2D eigenvalue weighted by atomic mass is 10.1. The second kappa shape index (κ2) is 5.73. The lowest BCUT2D eigenvalue weighted by molar-refractivity contribution is -0.383. The number of nitrogens with zero attached hydrogens (tertiary/aromatic N) is 1. The number of hydrogen-bond acceptors (Lipinski definition) is 4. The van der Waals surface area contributed by atoms with Crippen molar-refractivity contribution in [3.8, 4) is 0 Å². The number of aryl methyl sites for hydroxylation is 1. The molecule has 1 heterocycles. The van der Waals surface area contributed by atoms with Gasteiger partial charge in [0, 0.05) is 22.0 Å². The molecule has 7 heteroatoms. The molecule has 0 spiro atoms. The van der Waals surface area contributed by atoms with Gasteiger partial charge in [-0.1, -0.05) is 29.8 Å². The molecule has 116 valence electrons. The van der Waals surface area contributed by atoms with Crippen LogP contribution in [0.15, 0.2) is 46.9 Å². The van der Waals surface area contributed by atoms with Gasteiger partial charge in [-0.3, -0.25) is 14.9 Å². The molecule has 0 fully saturated rings. The Morgan fingerprint density at radius 3 is 2.70 bits per heavy atom. The number of carbonyl (C=O) groups excluding carboxylic acids is 1. The Hall–Kier alpha value is -2.86. The molecule has 2 aromatic carbocycles. The number of hydrogen-bond donors (Lipinski definition) is 1. The number of anilines is 1. The molecule has 0 atom stereocenters. The van der Waals surface area contributed by atoms with Crippen LogP contribution in [0.4, 0.5) is 11.4 Å². The van der Waals surface area contributed by atoms with E-state index in [2.05, 4.69) is 5.32 Å². The summed E-state index contributed by atoms with van der Waals surface area (Å²) in [7, 11) is 0. The molecule has 0 bridgehead atoms. The first-order valence-corrected chi connectivity index (χ1v) is 7.08. The minimum Gasteiger partial charge on any atom is -0.451 e. The monoisotopic (exact) mass is 330 g/mol. The van der Waals surface area contributed by atoms with E-state index in [4.69, 9.17) is 16.0 Å². The Balaban J connectivity index is 1.98. The van der Waals surface area contributed by atoms with Crippen molar-refractivity contribution in [2.45, 2.75) is 6.92 Å². The normalized spacial score (nSPS) is 10.7. The van der Waals surface area contributed by atoms with Crippen molar-refractivity contribution < 1.29 is 14.1 Å². The minimum absolute atomic E-state index is 0.0595. The van der Waals surface area contributed by atoms with Crippen LogP contribution in [0.3, 0.4) is 0 Å². The highest BCUT2D eigenvalue weighted by molar-refractivity contribution is 6.31. The van der Waals surface area contributed by atoms with Gasteiger partial charge in [-0.25, -0.2) is 0 Å². The van der Waals surface area contributed by atoms with Crippen LogP contribution < -0.4 is 5.32 Å². The van der Waals surface area contributed by atoms with Crippen LogP contribution in [0.5, 0.6) is 0 Å². The van der Waals surface area contributed by atoms with Gasteiger partial charge >= 0.3 is 0 Å². The molecular weight excluding hydrogens is 320 g/mol. The maximum Gasteiger partial charge on any atom is 0.294 e. The van der Waals surface area contributed by atoms with E-state index in [0.717, 1.165) is 5.39 Å². The number of rotatable bonds is 3. The van der Waals surface area contributed by atoms with Crippen LogP contribution in [-0.2, 0) is 0 Å². The van der Waals surface area contributed by atoms with Gasteiger partial charge in [0.25, 0.3) is 11.6 Å². The number of halogens is 1. The molecule has 0 radical (unpaired) electrons. The second-order valence-electron chi connectivity index (χ2n) is 4.93. The topological polar surface area (TPSA) is 85.4 Å². The molecule has 0 aliphatic rings. The molecule has 0 saturated carbocycles. The molecule has 1 N–H and O–H groups in total. The summed E-state index contributed by atoms with van der Waals surface area (Å²) in [4.78, 5) is 22.9. The van der Waals surface area contributed by atoms with Crippen LogP contribution >= 0.6 is 11.6 Å². The molecule has 0 unspecified atom stereocenters. The maximum atomic E-state index is 12.4. The van der Waals surface area contributed by atoms with Gasteiger partial charge in [0.1, 0.15) is 11.3 Å². The third-order valence-corrected chi connectivity index (χ3v) is 3.69. The van der Waals surface area contributed by atoms with Crippen molar-refractivity contribution in [2.75, 3.05) is 5.32 Å². The average Bonchev–Trinajstić information content (AvgIpc) is 2.86. The van der Waals surface area contributed by atoms with Crippen molar-refractivity contribution in [3.05, 3.63) is 68.9 Å². The zero-order valence-electron chi connectivity index (χ0n) is 12.0. The predicted octanol–water partition coefficient (Wildman–Crippen LogP) is 4.56. The van der Waals surface area contributed by atoms with E-state index < -0.39 is 10.8 Å². The number of furan rings is 1. The van der Waals surface area contributed by atoms with Crippen molar-refractivity contribution in [1.82, 2.24) is 0 Å². The van der Waals surface area contributed by atoms with Gasteiger partial charge in [-0.05, 0) is 25.1 Å². The summed E-state index contributed by atoms with van der Waals surface area (Å²) in [5.74, 6) is -0.431. The first-order chi connectivity index (χ1) is 11.0. The van der Waals surface area contributed by atoms with E-state index in [1.165, 1.54) is 18.2 Å². The number of para-hydroxylation sites is 1. The molecule has 0 aliphatic heterocycles. The summed E-state index contributed by atoms with van der Waals surface area (Å²) in [5, 5.41) is 14.6. The predicted molar refractivity (Wildman–Crippen MR) is 87.0 cm³/mol. The lowest BCUT2D eigenvalue weighted by Crippen LogP contribution is -2.13. The Morgan fingerprint density at radius 1 is 1.26 bits per heavy atom. The second-order valence-corrected chi connectivity index (χ2v) is 5.36. The van der Waals surface area contributed by atoms with E-state index >= 15 is 0 Å². The summed E-state index contributed by atoms with van der Waals surface area (Å²) in [6.07, 6.45) is 0. The average molecular weight is 331 g/mol. The number of nitro groups is 1. The van der Waals surface area contributed by atoms with Crippen molar-refractivity contribution >= 4 is 39.9 Å². The Bertz CT molecular complexity index is 933. The molecule has 0 aliphatic carbocycles. The third kappa shape index (κ3) is 2.76. The molecular formula is C16H11ClN2O4. The summed E-state index contributed by atoms with van der Waals surface area (Å²) in [6.45, 7) is 1.76. The zero-order chi connectivity index (χ0) is 16.6. The van der Waals surface area contributed by atoms with Crippen molar-refractivity contribution in [3.63, 3.8) is 0 Å². The number of nitrogens with one attached hydrogen (secondary N) is 1. The highest BCUT2D eigenvalue weighted by atomic mass is 35.5. The van der Waals surface area contributed by atoms with E-state index in [1.807, 2.05) is 12.1 Å². The SMILES string of the molecule is Cc1c(C(=O)Nc2ccc(Cl)cc2[N+](=O)[O-])oc2ccccc12. The van der Waals surface area contributed by atoms with E-state index in [9.17, 15) is 14.9 Å². The number of amides is 1. The summed E-state index contributed by atoms with van der Waals surface area (Å²) < 4.78 is 5.55. The van der Waals surface area contributed by atoms with E-state index in [0.29, 0.717) is 11.1 Å². The molecule has 1 aromatic heterocycles. The van der Waals surface area contributed by atoms with Crippen molar-refractivity contribution in [2.24, 2.45) is 0 Å². The highest BCUT2D eigenvalue weighted by Gasteiger charge is 2.21. The van der Waals surface area contributed by atoms with Gasteiger partial charge in [-0.2, -0.15) is 0 Å². The lowest BCUT2D eigenvalue weighted by Gasteiger charge is -2.05. The van der Waals surface area contributed by atoms with Crippen LogP contribution in [0.1, 0.15) is 16.1 Å². The van der Waals surface area contributed by atoms with Gasteiger partial charge in [-0.15, -0.1) is 0 Å². The van der Waals surface area contributed by atoms with E-state index in [-0.39, 0.29) is 22.2 Å². The standard InChI is InChI=1S/C16H11ClN2O4/c1-9-11-4-2-3-5-14(11)23-15(9)16(20)18-12-7-6-10(17)8-13(12)19(21)22/h2-8H,1H3,(H,18,20). The van der Waals surface area contributed by atoms with Crippen molar-refractivity contribution in [1.29, 1.82) is 0 Å². The number of carbonyl (C=O) groups is 1. The van der Waals surface area contributed by atoms with E-state index in [1.54, 1.807) is 19.1 Å². The number of fused-ring (bicyclic) bond motifs is 1. The smallest absolute Gasteiger partial charge is 0.294 e. The quantitative estimate of drug-likeness (QED) is 0.563. The molecule has 6 nitrogen and oxygen atoms in total.